The Morgan fingerprint density at radius 3 is 2.80 bits per heavy atom. The third-order valence-electron chi connectivity index (χ3n) is 4.62. The van der Waals surface area contributed by atoms with Gasteiger partial charge in [-0.3, -0.25) is 9.59 Å². The molecule has 1 atom stereocenters. The molecule has 1 aliphatic heterocycles. The van der Waals surface area contributed by atoms with Crippen LogP contribution in [0.1, 0.15) is 34.3 Å². The van der Waals surface area contributed by atoms with Crippen LogP contribution in [-0.2, 0) is 16.0 Å². The number of carbonyl (C=O) groups excluding carboxylic acids is 1. The summed E-state index contributed by atoms with van der Waals surface area (Å²) in [6.07, 6.45) is -0.0657. The highest BCUT2D eigenvalue weighted by Crippen LogP contribution is 2.25. The van der Waals surface area contributed by atoms with E-state index in [0.29, 0.717) is 36.8 Å². The van der Waals surface area contributed by atoms with Crippen LogP contribution in [0.2, 0.25) is 0 Å². The van der Waals surface area contributed by atoms with Crippen molar-refractivity contribution in [3.63, 3.8) is 0 Å². The second-order valence-corrected chi connectivity index (χ2v) is 6.45. The summed E-state index contributed by atoms with van der Waals surface area (Å²) >= 11 is 0. The fourth-order valence-electron chi connectivity index (χ4n) is 3.23. The van der Waals surface area contributed by atoms with E-state index < -0.39 is 0 Å². The second-order valence-electron chi connectivity index (χ2n) is 6.45. The van der Waals surface area contributed by atoms with Gasteiger partial charge in [-0.25, -0.2) is 4.98 Å². The zero-order chi connectivity index (χ0) is 18.0. The van der Waals surface area contributed by atoms with E-state index >= 15 is 0 Å². The third-order valence-corrected chi connectivity index (χ3v) is 4.62. The van der Waals surface area contributed by atoms with Gasteiger partial charge < -0.3 is 14.6 Å². The number of hydrogen-bond acceptors (Lipinski definition) is 4. The molecule has 132 valence electrons. The number of carbonyl (C=O) groups is 1. The van der Waals surface area contributed by atoms with Gasteiger partial charge in [0.1, 0.15) is 11.9 Å². The summed E-state index contributed by atoms with van der Waals surface area (Å²) in [7, 11) is 0. The van der Waals surface area contributed by atoms with Crippen LogP contribution in [0.25, 0.3) is 0 Å². The summed E-state index contributed by atoms with van der Waals surface area (Å²) in [5.74, 6) is 0.492. The Balaban J connectivity index is 1.75. The van der Waals surface area contributed by atoms with Gasteiger partial charge in [0.25, 0.3) is 5.56 Å². The minimum Gasteiger partial charge on any atom is -0.370 e. The molecular weight excluding hydrogens is 318 g/mol. The first-order valence-electron chi connectivity index (χ1n) is 8.47. The van der Waals surface area contributed by atoms with Crippen molar-refractivity contribution in [2.45, 2.75) is 33.3 Å². The molecule has 1 aromatic carbocycles. The molecule has 1 saturated heterocycles. The van der Waals surface area contributed by atoms with Crippen molar-refractivity contribution in [2.24, 2.45) is 0 Å². The molecule has 0 unspecified atom stereocenters. The van der Waals surface area contributed by atoms with Crippen molar-refractivity contribution in [3.8, 4) is 0 Å². The SMILES string of the molecule is Cc1nc(C)c(CC(=O)N2CCO[C@H](c3ccccc3C)C2)c(=O)[nH]1. The van der Waals surface area contributed by atoms with Crippen LogP contribution in [0, 0.1) is 20.8 Å². The number of nitrogens with one attached hydrogen (secondary N) is 1. The molecule has 3 rings (SSSR count). The number of H-pyrrole nitrogens is 1. The van der Waals surface area contributed by atoms with Gasteiger partial charge in [-0.1, -0.05) is 24.3 Å². The highest BCUT2D eigenvalue weighted by Gasteiger charge is 2.27. The van der Waals surface area contributed by atoms with Crippen LogP contribution >= 0.6 is 0 Å². The zero-order valence-electron chi connectivity index (χ0n) is 14.8. The summed E-state index contributed by atoms with van der Waals surface area (Å²) in [6.45, 7) is 7.07. The molecule has 6 heteroatoms. The molecule has 6 nitrogen and oxygen atoms in total. The summed E-state index contributed by atoms with van der Waals surface area (Å²) in [6, 6.07) is 8.05. The lowest BCUT2D eigenvalue weighted by Crippen LogP contribution is -2.43. The molecule has 2 aromatic rings. The fraction of sp³-hybridized carbons (Fsp3) is 0.421. The Morgan fingerprint density at radius 2 is 2.08 bits per heavy atom. The second kappa shape index (κ2) is 7.19. The van der Waals surface area contributed by atoms with E-state index in [2.05, 4.69) is 9.97 Å². The number of aromatic nitrogens is 2. The van der Waals surface area contributed by atoms with Gasteiger partial charge in [0, 0.05) is 17.8 Å². The maximum Gasteiger partial charge on any atom is 0.254 e. The topological polar surface area (TPSA) is 75.3 Å². The Kier molecular flexibility index (Phi) is 4.99. The first kappa shape index (κ1) is 17.4. The summed E-state index contributed by atoms with van der Waals surface area (Å²) in [5.41, 5.74) is 3.07. The molecule has 1 aliphatic rings. The van der Waals surface area contributed by atoms with Gasteiger partial charge in [-0.15, -0.1) is 0 Å². The Morgan fingerprint density at radius 1 is 1.32 bits per heavy atom. The Bertz CT molecular complexity index is 844. The first-order valence-corrected chi connectivity index (χ1v) is 8.47. The zero-order valence-corrected chi connectivity index (χ0v) is 14.8. The van der Waals surface area contributed by atoms with Crippen molar-refractivity contribution < 1.29 is 9.53 Å². The number of morpholine rings is 1. The first-order chi connectivity index (χ1) is 12.0. The molecule has 0 aliphatic carbocycles. The van der Waals surface area contributed by atoms with E-state index in [1.807, 2.05) is 31.2 Å². The van der Waals surface area contributed by atoms with E-state index in [4.69, 9.17) is 4.74 Å². The van der Waals surface area contributed by atoms with Crippen LogP contribution < -0.4 is 5.56 Å². The highest BCUT2D eigenvalue weighted by molar-refractivity contribution is 5.79. The maximum absolute atomic E-state index is 12.7. The molecule has 25 heavy (non-hydrogen) atoms. The summed E-state index contributed by atoms with van der Waals surface area (Å²) < 4.78 is 5.86. The number of hydrogen-bond donors (Lipinski definition) is 1. The number of rotatable bonds is 3. The Labute approximate surface area is 146 Å². The molecule has 1 aromatic heterocycles. The number of aromatic amines is 1. The number of ether oxygens (including phenoxy) is 1. The number of amides is 1. The fourth-order valence-corrected chi connectivity index (χ4v) is 3.23. The van der Waals surface area contributed by atoms with Crippen LogP contribution in [0.3, 0.4) is 0 Å². The van der Waals surface area contributed by atoms with Gasteiger partial charge in [0.15, 0.2) is 0 Å². The third kappa shape index (κ3) is 3.79. The van der Waals surface area contributed by atoms with Crippen molar-refractivity contribution >= 4 is 5.91 Å². The number of benzene rings is 1. The van der Waals surface area contributed by atoms with Gasteiger partial charge in [0.05, 0.1) is 19.6 Å². The standard InChI is InChI=1S/C19H23N3O3/c1-12-6-4-5-7-15(12)17-11-22(8-9-25-17)18(23)10-16-13(2)20-14(3)21-19(16)24/h4-7,17H,8-11H2,1-3H3,(H,20,21,24)/t17-/m0/s1. The van der Waals surface area contributed by atoms with Crippen molar-refractivity contribution in [3.05, 3.63) is 62.8 Å². The lowest BCUT2D eigenvalue weighted by Gasteiger charge is -2.34. The monoisotopic (exact) mass is 341 g/mol. The van der Waals surface area contributed by atoms with Crippen LogP contribution in [0.5, 0.6) is 0 Å². The van der Waals surface area contributed by atoms with Crippen LogP contribution in [-0.4, -0.2) is 40.5 Å². The van der Waals surface area contributed by atoms with Gasteiger partial charge in [0.2, 0.25) is 5.91 Å². The minimum absolute atomic E-state index is 0.0644. The largest absolute Gasteiger partial charge is 0.370 e. The molecule has 0 bridgehead atoms. The molecule has 1 N–H and O–H groups in total. The lowest BCUT2D eigenvalue weighted by molar-refractivity contribution is -0.138. The van der Waals surface area contributed by atoms with Gasteiger partial charge >= 0.3 is 0 Å². The predicted molar refractivity (Wildman–Crippen MR) is 94.5 cm³/mol. The summed E-state index contributed by atoms with van der Waals surface area (Å²) in [5, 5.41) is 0. The van der Waals surface area contributed by atoms with Crippen molar-refractivity contribution in [1.82, 2.24) is 14.9 Å². The van der Waals surface area contributed by atoms with E-state index in [1.54, 1.807) is 18.7 Å². The minimum atomic E-state index is -0.234. The van der Waals surface area contributed by atoms with E-state index in [1.165, 1.54) is 0 Å². The van der Waals surface area contributed by atoms with E-state index in [-0.39, 0.29) is 24.0 Å². The van der Waals surface area contributed by atoms with E-state index in [0.717, 1.165) is 11.1 Å². The molecule has 0 radical (unpaired) electrons. The van der Waals surface area contributed by atoms with E-state index in [9.17, 15) is 9.59 Å². The maximum atomic E-state index is 12.7. The number of nitrogens with zero attached hydrogens (tertiary/aromatic N) is 2. The van der Waals surface area contributed by atoms with Crippen molar-refractivity contribution in [1.29, 1.82) is 0 Å². The van der Waals surface area contributed by atoms with Crippen molar-refractivity contribution in [2.75, 3.05) is 19.7 Å². The highest BCUT2D eigenvalue weighted by atomic mass is 16.5. The van der Waals surface area contributed by atoms with Crippen LogP contribution in [0.4, 0.5) is 0 Å². The molecule has 1 fully saturated rings. The number of aryl methyl sites for hydroxylation is 3. The predicted octanol–water partition coefficient (Wildman–Crippen LogP) is 1.84. The average Bonchev–Trinajstić information content (AvgIpc) is 2.58. The molecule has 0 spiro atoms. The molecule has 2 heterocycles. The summed E-state index contributed by atoms with van der Waals surface area (Å²) in [4.78, 5) is 33.5. The van der Waals surface area contributed by atoms with Gasteiger partial charge in [-0.05, 0) is 31.9 Å². The lowest BCUT2D eigenvalue weighted by atomic mass is 10.0. The van der Waals surface area contributed by atoms with Crippen LogP contribution in [0.15, 0.2) is 29.1 Å². The smallest absolute Gasteiger partial charge is 0.254 e. The normalized spacial score (nSPS) is 17.6. The Hall–Kier alpha value is -2.47. The molecule has 0 saturated carbocycles. The average molecular weight is 341 g/mol. The molecular formula is C19H23N3O3. The quantitative estimate of drug-likeness (QED) is 0.924. The van der Waals surface area contributed by atoms with Gasteiger partial charge in [-0.2, -0.15) is 0 Å². The molecule has 1 amide bonds.